The molecule has 1 aliphatic rings. The minimum atomic E-state index is -0.463. The predicted octanol–water partition coefficient (Wildman–Crippen LogP) is 5.77. The first kappa shape index (κ1) is 20.8. The minimum Gasteiger partial charge on any atom is -0.325 e. The van der Waals surface area contributed by atoms with Crippen molar-refractivity contribution in [3.63, 3.8) is 0 Å². The number of halogens is 1. The molecule has 1 aliphatic heterocycles. The summed E-state index contributed by atoms with van der Waals surface area (Å²) in [6.07, 6.45) is 0.811. The van der Waals surface area contributed by atoms with Gasteiger partial charge in [0.2, 0.25) is 5.91 Å². The molecule has 1 atom stereocenters. The Morgan fingerprint density at radius 3 is 2.46 bits per heavy atom. The summed E-state index contributed by atoms with van der Waals surface area (Å²) in [4.78, 5) is 22.1. The van der Waals surface area contributed by atoms with Gasteiger partial charge in [-0.2, -0.15) is 0 Å². The Bertz CT molecular complexity index is 953. The first-order valence-corrected chi connectivity index (χ1v) is 11.0. The van der Waals surface area contributed by atoms with E-state index in [1.54, 1.807) is 0 Å². The molecule has 2 aromatic rings. The van der Waals surface area contributed by atoms with E-state index in [0.717, 1.165) is 38.5 Å². The molecule has 3 rings (SSSR count). The number of hydrogen-bond acceptors (Lipinski definition) is 4. The monoisotopic (exact) mass is 457 g/mol. The summed E-state index contributed by atoms with van der Waals surface area (Å²) in [5.74, 6) is 0.248. The largest absolute Gasteiger partial charge is 0.325 e. The maximum absolute atomic E-state index is 12.5. The van der Waals surface area contributed by atoms with Gasteiger partial charge in [-0.25, -0.2) is 4.99 Å². The SMILES string of the molecule is CCC1(C)N=C(SCC(=O)Nc2ccc(C)c(C)c2)C(c2ccc(Br)cc2)=N1. The molecule has 4 nitrogen and oxygen atoms in total. The number of thioether (sulfide) groups is 1. The number of rotatable bonds is 5. The molecule has 0 saturated heterocycles. The number of nitrogens with zero attached hydrogens (tertiary/aromatic N) is 2. The third kappa shape index (κ3) is 4.92. The number of amides is 1. The molecule has 0 aliphatic carbocycles. The Morgan fingerprint density at radius 1 is 1.11 bits per heavy atom. The van der Waals surface area contributed by atoms with Gasteiger partial charge in [-0.05, 0) is 62.6 Å². The fourth-order valence-corrected chi connectivity index (χ4v) is 3.96. The van der Waals surface area contributed by atoms with Gasteiger partial charge in [0.15, 0.2) is 0 Å². The first-order chi connectivity index (χ1) is 13.3. The summed E-state index contributed by atoms with van der Waals surface area (Å²) >= 11 is 4.91. The summed E-state index contributed by atoms with van der Waals surface area (Å²) in [7, 11) is 0. The lowest BCUT2D eigenvalue weighted by Crippen LogP contribution is -2.17. The minimum absolute atomic E-state index is 0.0452. The fraction of sp³-hybridized carbons (Fsp3) is 0.318. The van der Waals surface area contributed by atoms with Gasteiger partial charge in [0.05, 0.1) is 11.5 Å². The summed E-state index contributed by atoms with van der Waals surface area (Å²) in [5, 5.41) is 3.79. The Hall–Kier alpha value is -1.92. The second kappa shape index (κ2) is 8.62. The van der Waals surface area contributed by atoms with Crippen molar-refractivity contribution >= 4 is 50.0 Å². The van der Waals surface area contributed by atoms with Crippen LogP contribution in [0.5, 0.6) is 0 Å². The van der Waals surface area contributed by atoms with Crippen molar-refractivity contribution in [3.05, 3.63) is 63.6 Å². The van der Waals surface area contributed by atoms with Crippen LogP contribution in [0.15, 0.2) is 56.9 Å². The van der Waals surface area contributed by atoms with E-state index in [9.17, 15) is 4.79 Å². The smallest absolute Gasteiger partial charge is 0.234 e. The summed E-state index contributed by atoms with van der Waals surface area (Å²) < 4.78 is 1.02. The number of nitrogens with one attached hydrogen (secondary N) is 1. The summed E-state index contributed by atoms with van der Waals surface area (Å²) in [6.45, 7) is 8.20. The van der Waals surface area contributed by atoms with E-state index in [2.05, 4.69) is 35.1 Å². The van der Waals surface area contributed by atoms with Crippen LogP contribution in [0, 0.1) is 13.8 Å². The van der Waals surface area contributed by atoms with Crippen LogP contribution in [0.3, 0.4) is 0 Å². The number of benzene rings is 2. The molecule has 1 heterocycles. The van der Waals surface area contributed by atoms with E-state index in [1.807, 2.05) is 56.3 Å². The van der Waals surface area contributed by atoms with Crippen molar-refractivity contribution in [3.8, 4) is 0 Å². The van der Waals surface area contributed by atoms with Crippen LogP contribution in [-0.4, -0.2) is 28.1 Å². The van der Waals surface area contributed by atoms with Crippen LogP contribution in [0.4, 0.5) is 5.69 Å². The molecule has 6 heteroatoms. The topological polar surface area (TPSA) is 53.8 Å². The Balaban J connectivity index is 1.71. The van der Waals surface area contributed by atoms with Gasteiger partial charge in [0, 0.05) is 15.7 Å². The molecular weight excluding hydrogens is 434 g/mol. The van der Waals surface area contributed by atoms with Crippen molar-refractivity contribution in [2.45, 2.75) is 39.8 Å². The number of aliphatic imine (C=N–C) groups is 2. The first-order valence-electron chi connectivity index (χ1n) is 9.25. The average Bonchev–Trinajstić information content (AvgIpc) is 3.01. The predicted molar refractivity (Wildman–Crippen MR) is 124 cm³/mol. The van der Waals surface area contributed by atoms with Crippen LogP contribution < -0.4 is 5.32 Å². The Kier molecular flexibility index (Phi) is 6.40. The molecule has 0 spiro atoms. The van der Waals surface area contributed by atoms with Gasteiger partial charge >= 0.3 is 0 Å². The van der Waals surface area contributed by atoms with Gasteiger partial charge < -0.3 is 5.32 Å². The quantitative estimate of drug-likeness (QED) is 0.619. The highest BCUT2D eigenvalue weighted by Crippen LogP contribution is 2.30. The van der Waals surface area contributed by atoms with Crippen LogP contribution >= 0.6 is 27.7 Å². The molecule has 0 fully saturated rings. The number of hydrogen-bond donors (Lipinski definition) is 1. The summed E-state index contributed by atoms with van der Waals surface area (Å²) in [6, 6.07) is 14.0. The van der Waals surface area contributed by atoms with Crippen LogP contribution in [0.25, 0.3) is 0 Å². The van der Waals surface area contributed by atoms with Crippen molar-refractivity contribution in [2.75, 3.05) is 11.1 Å². The Labute approximate surface area is 179 Å². The van der Waals surface area contributed by atoms with Gasteiger partial charge in [0.25, 0.3) is 0 Å². The molecule has 0 bridgehead atoms. The zero-order chi connectivity index (χ0) is 20.3. The standard InChI is InChI=1S/C22H24BrN3OS/c1-5-22(4)25-20(16-7-9-17(23)10-8-16)21(26-22)28-13-19(27)24-18-11-6-14(2)15(3)12-18/h6-12H,5,13H2,1-4H3,(H,24,27). The zero-order valence-electron chi connectivity index (χ0n) is 16.5. The highest BCUT2D eigenvalue weighted by molar-refractivity contribution is 9.10. The van der Waals surface area contributed by atoms with E-state index >= 15 is 0 Å². The van der Waals surface area contributed by atoms with E-state index in [0.29, 0.717) is 5.75 Å². The maximum Gasteiger partial charge on any atom is 0.234 e. The lowest BCUT2D eigenvalue weighted by molar-refractivity contribution is -0.113. The lowest BCUT2D eigenvalue weighted by Gasteiger charge is -2.13. The van der Waals surface area contributed by atoms with E-state index in [1.165, 1.54) is 17.3 Å². The summed E-state index contributed by atoms with van der Waals surface area (Å²) in [5.41, 5.74) is 4.61. The van der Waals surface area contributed by atoms with Crippen molar-refractivity contribution in [1.82, 2.24) is 0 Å². The van der Waals surface area contributed by atoms with Gasteiger partial charge in [-0.15, -0.1) is 0 Å². The normalized spacial score (nSPS) is 18.6. The highest BCUT2D eigenvalue weighted by Gasteiger charge is 2.31. The van der Waals surface area contributed by atoms with E-state index < -0.39 is 5.66 Å². The van der Waals surface area contributed by atoms with Crippen molar-refractivity contribution < 1.29 is 4.79 Å². The molecule has 1 N–H and O–H groups in total. The molecule has 1 amide bonds. The molecule has 1 unspecified atom stereocenters. The lowest BCUT2D eigenvalue weighted by atomic mass is 10.1. The number of anilines is 1. The van der Waals surface area contributed by atoms with E-state index in [4.69, 9.17) is 9.98 Å². The second-order valence-electron chi connectivity index (χ2n) is 7.09. The van der Waals surface area contributed by atoms with Gasteiger partial charge in [-0.1, -0.05) is 52.8 Å². The van der Waals surface area contributed by atoms with Gasteiger partial charge in [0.1, 0.15) is 10.7 Å². The van der Waals surface area contributed by atoms with Crippen LogP contribution in [0.1, 0.15) is 37.0 Å². The average molecular weight is 458 g/mol. The van der Waals surface area contributed by atoms with Crippen LogP contribution in [0.2, 0.25) is 0 Å². The number of aryl methyl sites for hydroxylation is 2. The van der Waals surface area contributed by atoms with Crippen LogP contribution in [-0.2, 0) is 4.79 Å². The van der Waals surface area contributed by atoms with Crippen molar-refractivity contribution in [1.29, 1.82) is 0 Å². The fourth-order valence-electron chi connectivity index (χ4n) is 2.79. The van der Waals surface area contributed by atoms with Gasteiger partial charge in [-0.3, -0.25) is 9.79 Å². The third-order valence-electron chi connectivity index (χ3n) is 4.82. The van der Waals surface area contributed by atoms with Crippen molar-refractivity contribution in [2.24, 2.45) is 9.98 Å². The molecule has 0 aromatic heterocycles. The second-order valence-corrected chi connectivity index (χ2v) is 8.97. The molecule has 0 saturated carbocycles. The molecular formula is C22H24BrN3OS. The number of carbonyl (C=O) groups is 1. The third-order valence-corrected chi connectivity index (χ3v) is 6.31. The Morgan fingerprint density at radius 2 is 1.82 bits per heavy atom. The van der Waals surface area contributed by atoms with E-state index in [-0.39, 0.29) is 5.91 Å². The molecule has 0 radical (unpaired) electrons. The number of carbonyl (C=O) groups excluding carboxylic acids is 1. The molecule has 28 heavy (non-hydrogen) atoms. The zero-order valence-corrected chi connectivity index (χ0v) is 18.9. The maximum atomic E-state index is 12.5. The molecule has 146 valence electrons. The highest BCUT2D eigenvalue weighted by atomic mass is 79.9. The molecule has 2 aromatic carbocycles.